The van der Waals surface area contributed by atoms with Crippen LogP contribution in [0.15, 0.2) is 0 Å². The first-order valence-electron chi connectivity index (χ1n) is 6.58. The molecule has 1 aliphatic rings. The van der Waals surface area contributed by atoms with E-state index in [0.29, 0.717) is 13.0 Å². The van der Waals surface area contributed by atoms with E-state index < -0.39 is 12.0 Å². The summed E-state index contributed by atoms with van der Waals surface area (Å²) in [5, 5.41) is 9.40. The second kappa shape index (κ2) is 5.69. The molecule has 0 aromatic heterocycles. The van der Waals surface area contributed by atoms with Gasteiger partial charge in [-0.05, 0) is 24.7 Å². The molecule has 0 aromatic carbocycles. The third-order valence-corrected chi connectivity index (χ3v) is 3.92. The summed E-state index contributed by atoms with van der Waals surface area (Å²) in [4.78, 5) is 25.3. The smallest absolute Gasteiger partial charge is 0.326 e. The summed E-state index contributed by atoms with van der Waals surface area (Å²) in [6.45, 7) is 6.53. The number of aliphatic carboxylic acids is 1. The van der Waals surface area contributed by atoms with Crippen molar-refractivity contribution in [3.8, 4) is 0 Å². The molecule has 0 radical (unpaired) electrons. The Morgan fingerprint density at radius 2 is 2.11 bits per heavy atom. The SMILES string of the molecule is CCC(CN)C(=O)N1CCCC(C)(C)C1C(=O)O. The highest BCUT2D eigenvalue weighted by molar-refractivity contribution is 5.86. The van der Waals surface area contributed by atoms with E-state index in [1.54, 1.807) is 0 Å². The number of rotatable bonds is 4. The third-order valence-electron chi connectivity index (χ3n) is 3.92. The fraction of sp³-hybridized carbons (Fsp3) is 0.846. The molecule has 0 aromatic rings. The van der Waals surface area contributed by atoms with Crippen LogP contribution in [0.2, 0.25) is 0 Å². The van der Waals surface area contributed by atoms with Gasteiger partial charge in [-0.25, -0.2) is 4.79 Å². The fourth-order valence-corrected chi connectivity index (χ4v) is 2.77. The standard InChI is InChI=1S/C13H24N2O3/c1-4-9(8-14)11(16)15-7-5-6-13(2,3)10(15)12(17)18/h9-10H,4-8,14H2,1-3H3,(H,17,18). The molecule has 1 aliphatic heterocycles. The molecule has 1 fully saturated rings. The van der Waals surface area contributed by atoms with Crippen molar-refractivity contribution in [2.24, 2.45) is 17.1 Å². The molecule has 0 saturated carbocycles. The van der Waals surface area contributed by atoms with Gasteiger partial charge in [0.15, 0.2) is 0 Å². The van der Waals surface area contributed by atoms with Crippen LogP contribution in [0.3, 0.4) is 0 Å². The highest BCUT2D eigenvalue weighted by atomic mass is 16.4. The summed E-state index contributed by atoms with van der Waals surface area (Å²) in [7, 11) is 0. The lowest BCUT2D eigenvalue weighted by Crippen LogP contribution is -2.58. The van der Waals surface area contributed by atoms with E-state index in [9.17, 15) is 14.7 Å². The topological polar surface area (TPSA) is 83.6 Å². The summed E-state index contributed by atoms with van der Waals surface area (Å²) in [6, 6.07) is -0.737. The summed E-state index contributed by atoms with van der Waals surface area (Å²) in [5.41, 5.74) is 5.20. The van der Waals surface area contributed by atoms with Crippen LogP contribution < -0.4 is 5.73 Å². The average molecular weight is 256 g/mol. The van der Waals surface area contributed by atoms with Crippen LogP contribution in [-0.4, -0.2) is 41.0 Å². The highest BCUT2D eigenvalue weighted by Gasteiger charge is 2.45. The Labute approximate surface area is 108 Å². The van der Waals surface area contributed by atoms with Gasteiger partial charge < -0.3 is 15.7 Å². The van der Waals surface area contributed by atoms with Gasteiger partial charge in [-0.3, -0.25) is 4.79 Å². The van der Waals surface area contributed by atoms with E-state index in [1.807, 2.05) is 20.8 Å². The van der Waals surface area contributed by atoms with E-state index in [4.69, 9.17) is 5.73 Å². The molecule has 3 N–H and O–H groups in total. The molecular formula is C13H24N2O3. The summed E-state index contributed by atoms with van der Waals surface area (Å²) < 4.78 is 0. The van der Waals surface area contributed by atoms with Crippen LogP contribution in [0.25, 0.3) is 0 Å². The van der Waals surface area contributed by atoms with Gasteiger partial charge in [0.2, 0.25) is 5.91 Å². The van der Waals surface area contributed by atoms with Crippen molar-refractivity contribution in [1.82, 2.24) is 4.90 Å². The molecule has 2 unspecified atom stereocenters. The summed E-state index contributed by atoms with van der Waals surface area (Å²) >= 11 is 0. The molecule has 0 aliphatic carbocycles. The lowest BCUT2D eigenvalue weighted by atomic mass is 9.76. The number of nitrogens with two attached hydrogens (primary N) is 1. The Balaban J connectivity index is 2.97. The second-order valence-corrected chi connectivity index (χ2v) is 5.71. The first-order valence-corrected chi connectivity index (χ1v) is 6.58. The third kappa shape index (κ3) is 2.83. The first-order chi connectivity index (χ1) is 8.35. The van der Waals surface area contributed by atoms with Crippen molar-refractivity contribution in [2.75, 3.05) is 13.1 Å². The Morgan fingerprint density at radius 1 is 1.50 bits per heavy atom. The van der Waals surface area contributed by atoms with Crippen molar-refractivity contribution in [2.45, 2.75) is 46.1 Å². The minimum absolute atomic E-state index is 0.111. The number of piperidine rings is 1. The number of hydrogen-bond donors (Lipinski definition) is 2. The second-order valence-electron chi connectivity index (χ2n) is 5.71. The fourth-order valence-electron chi connectivity index (χ4n) is 2.77. The lowest BCUT2D eigenvalue weighted by Gasteiger charge is -2.45. The van der Waals surface area contributed by atoms with E-state index in [2.05, 4.69) is 0 Å². The Kier molecular flexibility index (Phi) is 4.73. The molecule has 1 heterocycles. The van der Waals surface area contributed by atoms with Gasteiger partial charge in [0, 0.05) is 13.1 Å². The van der Waals surface area contributed by atoms with Crippen LogP contribution in [-0.2, 0) is 9.59 Å². The molecule has 104 valence electrons. The number of hydrogen-bond acceptors (Lipinski definition) is 3. The molecule has 0 spiro atoms. The van der Waals surface area contributed by atoms with Gasteiger partial charge in [-0.2, -0.15) is 0 Å². The number of carbonyl (C=O) groups excluding carboxylic acids is 1. The maximum absolute atomic E-state index is 12.3. The normalized spacial score (nSPS) is 24.7. The van der Waals surface area contributed by atoms with Crippen LogP contribution in [0.5, 0.6) is 0 Å². The number of carbonyl (C=O) groups is 2. The zero-order valence-corrected chi connectivity index (χ0v) is 11.5. The van der Waals surface area contributed by atoms with Crippen LogP contribution in [0.4, 0.5) is 0 Å². The van der Waals surface area contributed by atoms with Crippen molar-refractivity contribution < 1.29 is 14.7 Å². The van der Waals surface area contributed by atoms with Crippen molar-refractivity contribution in [3.05, 3.63) is 0 Å². The first kappa shape index (κ1) is 15.0. The average Bonchev–Trinajstić information content (AvgIpc) is 2.28. The van der Waals surface area contributed by atoms with E-state index >= 15 is 0 Å². The Bertz CT molecular complexity index is 324. The van der Waals surface area contributed by atoms with Crippen LogP contribution in [0, 0.1) is 11.3 Å². The zero-order valence-electron chi connectivity index (χ0n) is 11.5. The molecular weight excluding hydrogens is 232 g/mol. The van der Waals surface area contributed by atoms with Gasteiger partial charge in [0.05, 0.1) is 5.92 Å². The molecule has 5 nitrogen and oxygen atoms in total. The number of carboxylic acid groups (broad SMARTS) is 1. The monoisotopic (exact) mass is 256 g/mol. The van der Waals surface area contributed by atoms with Crippen LogP contribution in [0.1, 0.15) is 40.0 Å². The number of likely N-dealkylation sites (tertiary alicyclic amines) is 1. The maximum atomic E-state index is 12.3. The molecule has 1 amide bonds. The van der Waals surface area contributed by atoms with Gasteiger partial charge in [-0.15, -0.1) is 0 Å². The lowest BCUT2D eigenvalue weighted by molar-refractivity contribution is -0.160. The molecule has 1 saturated heterocycles. The molecule has 2 atom stereocenters. The molecule has 0 bridgehead atoms. The molecule has 1 rings (SSSR count). The van der Waals surface area contributed by atoms with Crippen molar-refractivity contribution >= 4 is 11.9 Å². The van der Waals surface area contributed by atoms with Crippen molar-refractivity contribution in [1.29, 1.82) is 0 Å². The van der Waals surface area contributed by atoms with E-state index in [1.165, 1.54) is 4.90 Å². The van der Waals surface area contributed by atoms with Gasteiger partial charge in [0.25, 0.3) is 0 Å². The minimum atomic E-state index is -0.917. The van der Waals surface area contributed by atoms with E-state index in [-0.39, 0.29) is 23.8 Å². The molecule has 5 heteroatoms. The minimum Gasteiger partial charge on any atom is -0.480 e. The van der Waals surface area contributed by atoms with Crippen LogP contribution >= 0.6 is 0 Å². The zero-order chi connectivity index (χ0) is 13.9. The number of nitrogens with zero attached hydrogens (tertiary/aromatic N) is 1. The molecule has 18 heavy (non-hydrogen) atoms. The van der Waals surface area contributed by atoms with E-state index in [0.717, 1.165) is 12.8 Å². The predicted octanol–water partition coefficient (Wildman–Crippen LogP) is 1.07. The highest BCUT2D eigenvalue weighted by Crippen LogP contribution is 2.36. The Hall–Kier alpha value is -1.10. The largest absolute Gasteiger partial charge is 0.480 e. The summed E-state index contributed by atoms with van der Waals surface area (Å²) in [6.07, 6.45) is 2.33. The van der Waals surface area contributed by atoms with Crippen molar-refractivity contribution in [3.63, 3.8) is 0 Å². The Morgan fingerprint density at radius 3 is 2.56 bits per heavy atom. The summed E-state index contributed by atoms with van der Waals surface area (Å²) in [5.74, 6) is -1.29. The maximum Gasteiger partial charge on any atom is 0.326 e. The quantitative estimate of drug-likeness (QED) is 0.788. The predicted molar refractivity (Wildman–Crippen MR) is 69.0 cm³/mol. The van der Waals surface area contributed by atoms with Gasteiger partial charge in [-0.1, -0.05) is 20.8 Å². The number of carboxylic acids is 1. The van der Waals surface area contributed by atoms with Gasteiger partial charge >= 0.3 is 5.97 Å². The number of amides is 1. The van der Waals surface area contributed by atoms with Gasteiger partial charge in [0.1, 0.15) is 6.04 Å².